The van der Waals surface area contributed by atoms with E-state index in [4.69, 9.17) is 5.73 Å². The van der Waals surface area contributed by atoms with Gasteiger partial charge in [0.15, 0.2) is 17.7 Å². The molecule has 3 aliphatic heterocycles. The van der Waals surface area contributed by atoms with Gasteiger partial charge in [-0.3, -0.25) is 42.9 Å². The first-order chi connectivity index (χ1) is 38.1. The molecule has 30 heteroatoms. The Hall–Kier alpha value is -5.83. The Bertz CT molecular complexity index is 2440. The summed E-state index contributed by atoms with van der Waals surface area (Å²) >= 11 is 0. The number of nitrogens with one attached hydrogen (secondary N) is 5. The molecule has 0 aliphatic carbocycles. The fraction of sp³-hybridized carbons (Fsp3) is 0.725. The van der Waals surface area contributed by atoms with Crippen LogP contribution in [0.4, 0.5) is 0 Å². The standard InChI is InChI=1S/C51H82N8O21S/c1-4-5-6-7-8-9-10-11-12-13-14-15-16-17-37(66)53-30-22-34(64)47(72)57-49(74)41-42(67)26(2)24-59(41)51(76)39(33(63)23-36(52)65)55-48(73)40(44(69)43(68)28-18-19-32(62)35(20-28)80-81(77,78)79)56-46(71)31-21-29(61)25-58(31)50(75)38(27(3)60)54-45(30)70/h18-20,26-27,29-31,33-34,38-44,47,60-64,67-69,72H,4-17,21-25H2,1-3H3,(H2,52,65)(H,53,66)(H,54,70)(H,55,73)(H,56,71)(H,57,74)(H,77,78,79)/t26?,27-,29-,30+,31+,33?,34?,38+,39+,40+,41+,42+,43?,44?,47?/m1/s1. The molecule has 0 radical (unpaired) electrons. The smallest absolute Gasteiger partial charge is 0.446 e. The number of hydrogen-bond donors (Lipinski definition) is 16. The molecule has 6 unspecified atom stereocenters. The summed E-state index contributed by atoms with van der Waals surface area (Å²) in [7, 11) is -5.33. The number of phenols is 1. The number of fused-ring (bicyclic) bond motifs is 2. The maximum Gasteiger partial charge on any atom is 0.446 e. The summed E-state index contributed by atoms with van der Waals surface area (Å²) in [4.78, 5) is 113. The van der Waals surface area contributed by atoms with E-state index in [1.807, 2.05) is 10.6 Å². The quantitative estimate of drug-likeness (QED) is 0.0351. The van der Waals surface area contributed by atoms with Crippen molar-refractivity contribution in [3.8, 4) is 11.5 Å². The topological polar surface area (TPSA) is 475 Å². The largest absolute Gasteiger partial charge is 0.504 e. The monoisotopic (exact) mass is 1170 g/mol. The molecule has 3 aliphatic rings. The van der Waals surface area contributed by atoms with Gasteiger partial charge in [0.2, 0.25) is 47.3 Å². The van der Waals surface area contributed by atoms with E-state index in [-0.39, 0.29) is 6.42 Å². The van der Waals surface area contributed by atoms with Crippen LogP contribution in [0.25, 0.3) is 0 Å². The third-order valence-electron chi connectivity index (χ3n) is 14.6. The predicted molar refractivity (Wildman–Crippen MR) is 282 cm³/mol. The number of amides is 8. The van der Waals surface area contributed by atoms with Gasteiger partial charge in [-0.2, -0.15) is 8.42 Å². The first-order valence-corrected chi connectivity index (χ1v) is 28.8. The molecular weight excluding hydrogens is 1090 g/mol. The van der Waals surface area contributed by atoms with Crippen LogP contribution in [0.15, 0.2) is 18.2 Å². The number of nitrogens with zero attached hydrogens (tertiary/aromatic N) is 2. The number of benzene rings is 1. The van der Waals surface area contributed by atoms with Gasteiger partial charge in [-0.1, -0.05) is 97.0 Å². The van der Waals surface area contributed by atoms with Gasteiger partial charge in [0.05, 0.1) is 30.8 Å². The highest BCUT2D eigenvalue weighted by atomic mass is 32.3. The van der Waals surface area contributed by atoms with Crippen LogP contribution in [0.5, 0.6) is 11.5 Å². The van der Waals surface area contributed by atoms with Crippen LogP contribution < -0.4 is 36.5 Å². The number of rotatable bonds is 24. The predicted octanol–water partition coefficient (Wildman–Crippen LogP) is -3.63. The fourth-order valence-electron chi connectivity index (χ4n) is 10.1. The van der Waals surface area contributed by atoms with Gasteiger partial charge < -0.3 is 92.3 Å². The van der Waals surface area contributed by atoms with Crippen LogP contribution >= 0.6 is 0 Å². The van der Waals surface area contributed by atoms with E-state index < -0.39 is 198 Å². The molecule has 0 bridgehead atoms. The second kappa shape index (κ2) is 31.6. The minimum absolute atomic E-state index is 0.114. The highest BCUT2D eigenvalue weighted by Crippen LogP contribution is 2.33. The molecule has 29 nitrogen and oxygen atoms in total. The van der Waals surface area contributed by atoms with E-state index >= 15 is 0 Å². The zero-order chi connectivity index (χ0) is 60.5. The molecule has 458 valence electrons. The van der Waals surface area contributed by atoms with Gasteiger partial charge in [0, 0.05) is 38.3 Å². The normalized spacial score (nSPS) is 28.0. The summed E-state index contributed by atoms with van der Waals surface area (Å²) in [6, 6.07) is -10.5. The highest BCUT2D eigenvalue weighted by Gasteiger charge is 2.51. The minimum atomic E-state index is -5.33. The molecule has 0 saturated carbocycles. The van der Waals surface area contributed by atoms with E-state index in [0.29, 0.717) is 28.7 Å². The van der Waals surface area contributed by atoms with Gasteiger partial charge in [-0.25, -0.2) is 0 Å². The Kier molecular flexibility index (Phi) is 26.4. The molecule has 81 heavy (non-hydrogen) atoms. The lowest BCUT2D eigenvalue weighted by atomic mass is 9.96. The van der Waals surface area contributed by atoms with Gasteiger partial charge in [0.1, 0.15) is 54.6 Å². The lowest BCUT2D eigenvalue weighted by Gasteiger charge is -2.34. The summed E-state index contributed by atoms with van der Waals surface area (Å²) in [5.74, 6) is -13.3. The number of carbonyl (C=O) groups is 8. The number of primary amides is 1. The van der Waals surface area contributed by atoms with Crippen molar-refractivity contribution in [1.29, 1.82) is 0 Å². The van der Waals surface area contributed by atoms with Crippen molar-refractivity contribution < 1.29 is 101 Å². The number of unbranched alkanes of at least 4 members (excludes halogenated alkanes) is 12. The molecule has 3 fully saturated rings. The van der Waals surface area contributed by atoms with E-state index in [2.05, 4.69) is 27.1 Å². The Labute approximate surface area is 469 Å². The summed E-state index contributed by atoms with van der Waals surface area (Å²) < 4.78 is 36.6. The van der Waals surface area contributed by atoms with E-state index in [0.717, 1.165) is 51.2 Å². The van der Waals surface area contributed by atoms with Crippen LogP contribution in [0.3, 0.4) is 0 Å². The average Bonchev–Trinajstić information content (AvgIpc) is 3.94. The number of carbonyl (C=O) groups excluding carboxylic acids is 8. The molecule has 8 amide bonds. The molecule has 17 N–H and O–H groups in total. The van der Waals surface area contributed by atoms with Crippen molar-refractivity contribution in [3.05, 3.63) is 23.8 Å². The third kappa shape index (κ3) is 19.9. The van der Waals surface area contributed by atoms with Crippen molar-refractivity contribution in [1.82, 2.24) is 36.4 Å². The lowest BCUT2D eigenvalue weighted by Crippen LogP contribution is -2.64. The number of nitrogens with two attached hydrogens (primary N) is 1. The van der Waals surface area contributed by atoms with Gasteiger partial charge in [-0.05, 0) is 31.0 Å². The summed E-state index contributed by atoms with van der Waals surface area (Å²) in [5.41, 5.74) is 4.75. The summed E-state index contributed by atoms with van der Waals surface area (Å²) in [6.07, 6.45) is -6.43. The Morgan fingerprint density at radius 1 is 0.741 bits per heavy atom. The zero-order valence-corrected chi connectivity index (χ0v) is 46.5. The van der Waals surface area contributed by atoms with Crippen molar-refractivity contribution in [2.75, 3.05) is 13.1 Å². The Morgan fingerprint density at radius 3 is 1.86 bits per heavy atom. The van der Waals surface area contributed by atoms with Crippen molar-refractivity contribution >= 4 is 57.7 Å². The van der Waals surface area contributed by atoms with Crippen molar-refractivity contribution in [3.63, 3.8) is 0 Å². The lowest BCUT2D eigenvalue weighted by molar-refractivity contribution is -0.149. The van der Waals surface area contributed by atoms with E-state index in [1.54, 1.807) is 0 Å². The molecule has 4 rings (SSSR count). The number of aliphatic hydroxyl groups is 8. The Morgan fingerprint density at radius 2 is 1.30 bits per heavy atom. The van der Waals surface area contributed by atoms with Crippen LogP contribution in [-0.2, 0) is 48.8 Å². The maximum atomic E-state index is 14.6. The first-order valence-electron chi connectivity index (χ1n) is 27.4. The second-order valence-electron chi connectivity index (χ2n) is 21.3. The summed E-state index contributed by atoms with van der Waals surface area (Å²) in [5, 5.41) is 111. The van der Waals surface area contributed by atoms with Crippen molar-refractivity contribution in [2.24, 2.45) is 11.7 Å². The number of phenolic OH excluding ortho intramolecular Hbond substituents is 1. The van der Waals surface area contributed by atoms with E-state index in [1.165, 1.54) is 45.4 Å². The zero-order valence-electron chi connectivity index (χ0n) is 45.7. The number of aromatic hydroxyl groups is 1. The van der Waals surface area contributed by atoms with Gasteiger partial charge in [0.25, 0.3) is 0 Å². The molecule has 0 spiro atoms. The molecule has 1 aromatic carbocycles. The molecule has 0 aromatic heterocycles. The number of aliphatic hydroxyl groups excluding tert-OH is 8. The first kappa shape index (κ1) is 67.7. The average molecular weight is 1180 g/mol. The summed E-state index contributed by atoms with van der Waals surface area (Å²) in [6.45, 7) is 3.39. The SMILES string of the molecule is CCCCCCCCCCCCCCCC(=O)N[C@H]1CC(O)C(O)NC(=O)[C@@H]2[C@@H](O)C(C)CN2C(=O)[C@H](C(O)CC(N)=O)NC(=O)[C@H](C(O)C(O)c2ccc(O)c(OS(=O)(=O)O)c2)NC(=O)[C@@H]2C[C@@H](O)CN2C(=O)[C@H]([C@@H](C)O)NC1=O. The third-order valence-corrected chi connectivity index (χ3v) is 15.0. The van der Waals surface area contributed by atoms with Crippen LogP contribution in [0.2, 0.25) is 0 Å². The fourth-order valence-corrected chi connectivity index (χ4v) is 10.4. The van der Waals surface area contributed by atoms with E-state index in [9.17, 15) is 97.3 Å². The molecule has 3 heterocycles. The molecule has 15 atom stereocenters. The van der Waals surface area contributed by atoms with Crippen molar-refractivity contribution in [2.45, 2.75) is 215 Å². The van der Waals surface area contributed by atoms with Crippen LogP contribution in [0, 0.1) is 5.92 Å². The number of hydrogen-bond acceptors (Lipinski definition) is 20. The van der Waals surface area contributed by atoms with Crippen LogP contribution in [0.1, 0.15) is 142 Å². The highest BCUT2D eigenvalue weighted by molar-refractivity contribution is 7.81. The maximum absolute atomic E-state index is 14.6. The Balaban J connectivity index is 1.74. The van der Waals surface area contributed by atoms with Gasteiger partial charge in [-0.15, -0.1) is 0 Å². The minimum Gasteiger partial charge on any atom is -0.504 e. The molecule has 1 aromatic rings. The molecular formula is C51H82N8O21S. The molecule has 3 saturated heterocycles. The second-order valence-corrected chi connectivity index (χ2v) is 22.3. The van der Waals surface area contributed by atoms with Gasteiger partial charge >= 0.3 is 10.4 Å². The van der Waals surface area contributed by atoms with Crippen LogP contribution in [-0.4, -0.2) is 208 Å².